The third-order valence-electron chi connectivity index (χ3n) is 2.63. The quantitative estimate of drug-likeness (QED) is 0.702. The molecule has 1 N–H and O–H groups in total. The van der Waals surface area contributed by atoms with E-state index in [-0.39, 0.29) is 11.7 Å². The standard InChI is InChI=1S/C11H16O3/c1-7(2)6-10(12)8-4-3-5-9(8)11(13)14/h6,8-9H,3-5H2,1-2H3,(H,13,14)/t8-,9+/m0/s1. The molecule has 0 spiro atoms. The number of aliphatic carboxylic acids is 1. The van der Waals surface area contributed by atoms with Crippen molar-refractivity contribution >= 4 is 11.8 Å². The Morgan fingerprint density at radius 1 is 1.21 bits per heavy atom. The van der Waals surface area contributed by atoms with Gasteiger partial charge >= 0.3 is 5.97 Å². The van der Waals surface area contributed by atoms with Crippen LogP contribution < -0.4 is 0 Å². The molecule has 1 rings (SSSR count). The summed E-state index contributed by atoms with van der Waals surface area (Å²) in [6, 6.07) is 0. The van der Waals surface area contributed by atoms with Crippen LogP contribution in [0.2, 0.25) is 0 Å². The molecule has 1 aliphatic carbocycles. The number of hydrogen-bond acceptors (Lipinski definition) is 2. The van der Waals surface area contributed by atoms with Gasteiger partial charge in [0, 0.05) is 5.92 Å². The minimum Gasteiger partial charge on any atom is -0.481 e. The van der Waals surface area contributed by atoms with Crippen LogP contribution in [0.4, 0.5) is 0 Å². The molecule has 0 aliphatic heterocycles. The van der Waals surface area contributed by atoms with E-state index in [1.165, 1.54) is 0 Å². The second kappa shape index (κ2) is 4.40. The molecule has 0 bridgehead atoms. The summed E-state index contributed by atoms with van der Waals surface area (Å²) >= 11 is 0. The van der Waals surface area contributed by atoms with E-state index in [1.54, 1.807) is 6.08 Å². The molecule has 78 valence electrons. The molecule has 1 saturated carbocycles. The van der Waals surface area contributed by atoms with E-state index in [9.17, 15) is 9.59 Å². The first-order valence-corrected chi connectivity index (χ1v) is 4.94. The van der Waals surface area contributed by atoms with E-state index in [1.807, 2.05) is 13.8 Å². The molecule has 0 aromatic rings. The molecule has 0 radical (unpaired) electrons. The summed E-state index contributed by atoms with van der Waals surface area (Å²) in [5.41, 5.74) is 0.936. The predicted octanol–water partition coefficient (Wildman–Crippen LogP) is 2.02. The van der Waals surface area contributed by atoms with Gasteiger partial charge in [-0.25, -0.2) is 0 Å². The van der Waals surface area contributed by atoms with E-state index in [4.69, 9.17) is 5.11 Å². The van der Waals surface area contributed by atoms with Crippen molar-refractivity contribution in [1.82, 2.24) is 0 Å². The number of carboxylic acid groups (broad SMARTS) is 1. The first-order chi connectivity index (χ1) is 6.52. The number of ketones is 1. The highest BCUT2D eigenvalue weighted by Crippen LogP contribution is 2.33. The molecule has 14 heavy (non-hydrogen) atoms. The van der Waals surface area contributed by atoms with E-state index in [2.05, 4.69) is 0 Å². The monoisotopic (exact) mass is 196 g/mol. The average molecular weight is 196 g/mol. The SMILES string of the molecule is CC(C)=CC(=O)[C@H]1CCC[C@H]1C(=O)O. The summed E-state index contributed by atoms with van der Waals surface area (Å²) in [5, 5.41) is 8.89. The van der Waals surface area contributed by atoms with Crippen LogP contribution in [0, 0.1) is 11.8 Å². The molecule has 1 fully saturated rings. The molecule has 2 atom stereocenters. The van der Waals surface area contributed by atoms with E-state index in [0.29, 0.717) is 6.42 Å². The molecular weight excluding hydrogens is 180 g/mol. The van der Waals surface area contributed by atoms with Crippen LogP contribution in [0.5, 0.6) is 0 Å². The van der Waals surface area contributed by atoms with E-state index < -0.39 is 11.9 Å². The summed E-state index contributed by atoms with van der Waals surface area (Å²) in [5.74, 6) is -1.60. The maximum Gasteiger partial charge on any atom is 0.307 e. The Balaban J connectivity index is 2.72. The Hall–Kier alpha value is -1.12. The van der Waals surface area contributed by atoms with Crippen LogP contribution in [-0.2, 0) is 9.59 Å². The zero-order chi connectivity index (χ0) is 10.7. The maximum absolute atomic E-state index is 11.6. The number of allylic oxidation sites excluding steroid dienone is 2. The molecule has 0 saturated heterocycles. The van der Waals surface area contributed by atoms with Gasteiger partial charge in [0.25, 0.3) is 0 Å². The lowest BCUT2D eigenvalue weighted by Gasteiger charge is -2.12. The van der Waals surface area contributed by atoms with Crippen molar-refractivity contribution in [2.45, 2.75) is 33.1 Å². The predicted molar refractivity (Wildman–Crippen MR) is 52.9 cm³/mol. The summed E-state index contributed by atoms with van der Waals surface area (Å²) in [6.45, 7) is 3.70. The highest BCUT2D eigenvalue weighted by molar-refractivity contribution is 5.95. The van der Waals surface area contributed by atoms with E-state index >= 15 is 0 Å². The van der Waals surface area contributed by atoms with Gasteiger partial charge in [0.2, 0.25) is 0 Å². The third kappa shape index (κ3) is 2.44. The number of carbonyl (C=O) groups excluding carboxylic acids is 1. The van der Waals surface area contributed by atoms with Crippen molar-refractivity contribution in [2.75, 3.05) is 0 Å². The highest BCUT2D eigenvalue weighted by atomic mass is 16.4. The number of carboxylic acids is 1. The van der Waals surface area contributed by atoms with Gasteiger partial charge in [-0.2, -0.15) is 0 Å². The Kier molecular flexibility index (Phi) is 3.44. The van der Waals surface area contributed by atoms with Crippen LogP contribution in [0.25, 0.3) is 0 Å². The molecule has 0 aromatic heterocycles. The van der Waals surface area contributed by atoms with Crippen molar-refractivity contribution in [3.8, 4) is 0 Å². The van der Waals surface area contributed by atoms with Crippen LogP contribution >= 0.6 is 0 Å². The highest BCUT2D eigenvalue weighted by Gasteiger charge is 2.36. The van der Waals surface area contributed by atoms with Crippen molar-refractivity contribution < 1.29 is 14.7 Å². The largest absolute Gasteiger partial charge is 0.481 e. The Morgan fingerprint density at radius 3 is 2.29 bits per heavy atom. The zero-order valence-electron chi connectivity index (χ0n) is 8.62. The molecule has 1 aliphatic rings. The minimum atomic E-state index is -0.831. The fourth-order valence-electron chi connectivity index (χ4n) is 1.99. The number of carbonyl (C=O) groups is 2. The van der Waals surface area contributed by atoms with Crippen LogP contribution in [0.15, 0.2) is 11.6 Å². The molecule has 3 heteroatoms. The van der Waals surface area contributed by atoms with Crippen molar-refractivity contribution in [3.05, 3.63) is 11.6 Å². The van der Waals surface area contributed by atoms with Gasteiger partial charge in [0.15, 0.2) is 5.78 Å². The first kappa shape index (κ1) is 11.0. The fraction of sp³-hybridized carbons (Fsp3) is 0.636. The van der Waals surface area contributed by atoms with Crippen LogP contribution in [0.3, 0.4) is 0 Å². The summed E-state index contributed by atoms with van der Waals surface area (Å²) < 4.78 is 0. The lowest BCUT2D eigenvalue weighted by Crippen LogP contribution is -2.24. The zero-order valence-corrected chi connectivity index (χ0v) is 8.62. The van der Waals surface area contributed by atoms with Crippen molar-refractivity contribution in [2.24, 2.45) is 11.8 Å². The second-order valence-electron chi connectivity index (χ2n) is 4.11. The smallest absolute Gasteiger partial charge is 0.307 e. The lowest BCUT2D eigenvalue weighted by atomic mass is 9.91. The Morgan fingerprint density at radius 2 is 1.79 bits per heavy atom. The molecule has 0 heterocycles. The van der Waals surface area contributed by atoms with Gasteiger partial charge in [-0.05, 0) is 32.8 Å². The Labute approximate surface area is 83.8 Å². The molecule has 0 amide bonds. The normalized spacial score (nSPS) is 25.9. The molecule has 3 nitrogen and oxygen atoms in total. The first-order valence-electron chi connectivity index (χ1n) is 4.94. The number of rotatable bonds is 3. The summed E-state index contributed by atoms with van der Waals surface area (Å²) in [4.78, 5) is 22.5. The van der Waals surface area contributed by atoms with Gasteiger partial charge in [0.05, 0.1) is 5.92 Å². The third-order valence-corrected chi connectivity index (χ3v) is 2.63. The van der Waals surface area contributed by atoms with Gasteiger partial charge in [-0.3, -0.25) is 9.59 Å². The second-order valence-corrected chi connectivity index (χ2v) is 4.11. The van der Waals surface area contributed by atoms with Crippen molar-refractivity contribution in [1.29, 1.82) is 0 Å². The molecular formula is C11H16O3. The maximum atomic E-state index is 11.6. The Bertz CT molecular complexity index is 274. The number of hydrogen-bond donors (Lipinski definition) is 1. The fourth-order valence-corrected chi connectivity index (χ4v) is 1.99. The van der Waals surface area contributed by atoms with Crippen molar-refractivity contribution in [3.63, 3.8) is 0 Å². The van der Waals surface area contributed by atoms with Crippen LogP contribution in [0.1, 0.15) is 33.1 Å². The van der Waals surface area contributed by atoms with Gasteiger partial charge < -0.3 is 5.11 Å². The lowest BCUT2D eigenvalue weighted by molar-refractivity contribution is -0.144. The summed E-state index contributed by atoms with van der Waals surface area (Å²) in [7, 11) is 0. The average Bonchev–Trinajstić information content (AvgIpc) is 2.49. The van der Waals surface area contributed by atoms with Gasteiger partial charge in [-0.1, -0.05) is 12.0 Å². The van der Waals surface area contributed by atoms with E-state index in [0.717, 1.165) is 18.4 Å². The minimum absolute atomic E-state index is 0.0186. The van der Waals surface area contributed by atoms with Gasteiger partial charge in [-0.15, -0.1) is 0 Å². The topological polar surface area (TPSA) is 54.4 Å². The molecule has 0 aromatic carbocycles. The van der Waals surface area contributed by atoms with Gasteiger partial charge in [0.1, 0.15) is 0 Å². The summed E-state index contributed by atoms with van der Waals surface area (Å²) in [6.07, 6.45) is 3.78. The molecule has 0 unspecified atom stereocenters. The van der Waals surface area contributed by atoms with Crippen LogP contribution in [-0.4, -0.2) is 16.9 Å².